The first-order chi connectivity index (χ1) is 12.1. The monoisotopic (exact) mass is 379 g/mol. The Labute approximate surface area is 156 Å². The van der Waals surface area contributed by atoms with Crippen LogP contribution in [0.3, 0.4) is 0 Å². The Balaban J connectivity index is 1.96. The minimum atomic E-state index is -0.256. The first-order valence-corrected chi connectivity index (χ1v) is 9.76. The molecule has 0 radical (unpaired) electrons. The summed E-state index contributed by atoms with van der Waals surface area (Å²) in [4.78, 5) is 14.3. The van der Waals surface area contributed by atoms with Crippen LogP contribution in [-0.2, 0) is 4.79 Å². The largest absolute Gasteiger partial charge is 0.355 e. The van der Waals surface area contributed by atoms with Gasteiger partial charge in [0.1, 0.15) is 0 Å². The maximum Gasteiger partial charge on any atom is 0.233 e. The van der Waals surface area contributed by atoms with E-state index < -0.39 is 0 Å². The standard InChI is InChI=1S/C17H22ClN5OS/c1-3-19-15(24)12(2)25-17-21-20-16(22-9-4-5-10-22)23(17)14-8-6-7-13(18)11-14/h6-8,11-12H,3-5,9-10H2,1-2H3,(H,19,24). The van der Waals surface area contributed by atoms with Crippen LogP contribution in [0.25, 0.3) is 5.69 Å². The average molecular weight is 380 g/mol. The van der Waals surface area contributed by atoms with Gasteiger partial charge in [0.05, 0.1) is 10.9 Å². The van der Waals surface area contributed by atoms with Crippen molar-refractivity contribution in [1.29, 1.82) is 0 Å². The van der Waals surface area contributed by atoms with Crippen LogP contribution in [0.1, 0.15) is 26.7 Å². The molecule has 1 amide bonds. The maximum atomic E-state index is 12.1. The molecule has 0 spiro atoms. The number of carbonyl (C=O) groups excluding carboxylic acids is 1. The van der Waals surface area contributed by atoms with E-state index in [1.165, 1.54) is 11.8 Å². The molecule has 0 saturated carbocycles. The van der Waals surface area contributed by atoms with Gasteiger partial charge < -0.3 is 10.2 Å². The van der Waals surface area contributed by atoms with Gasteiger partial charge in [0.25, 0.3) is 0 Å². The van der Waals surface area contributed by atoms with E-state index in [0.717, 1.165) is 37.6 Å². The summed E-state index contributed by atoms with van der Waals surface area (Å²) in [5.74, 6) is 0.807. The SMILES string of the molecule is CCNC(=O)C(C)Sc1nnc(N2CCCC2)n1-c1cccc(Cl)c1. The molecule has 3 rings (SSSR count). The highest BCUT2D eigenvalue weighted by atomic mass is 35.5. The maximum absolute atomic E-state index is 12.1. The lowest BCUT2D eigenvalue weighted by Gasteiger charge is -2.19. The second-order valence-corrected chi connectivity index (χ2v) is 7.69. The van der Waals surface area contributed by atoms with Crippen molar-refractivity contribution in [3.63, 3.8) is 0 Å². The molecule has 0 aliphatic carbocycles. The second kappa shape index (κ2) is 8.10. The molecule has 25 heavy (non-hydrogen) atoms. The van der Waals surface area contributed by atoms with Crippen LogP contribution in [0, 0.1) is 0 Å². The van der Waals surface area contributed by atoms with E-state index in [9.17, 15) is 4.79 Å². The fourth-order valence-corrected chi connectivity index (χ4v) is 3.90. The van der Waals surface area contributed by atoms with Crippen LogP contribution in [0.2, 0.25) is 5.02 Å². The molecule has 8 heteroatoms. The van der Waals surface area contributed by atoms with Crippen LogP contribution in [0.5, 0.6) is 0 Å². The summed E-state index contributed by atoms with van der Waals surface area (Å²) in [5.41, 5.74) is 0.907. The van der Waals surface area contributed by atoms with Gasteiger partial charge in [-0.05, 0) is 44.9 Å². The molecule has 1 aromatic heterocycles. The Morgan fingerprint density at radius 1 is 1.36 bits per heavy atom. The third kappa shape index (κ3) is 4.10. The lowest BCUT2D eigenvalue weighted by molar-refractivity contribution is -0.120. The van der Waals surface area contributed by atoms with E-state index in [0.29, 0.717) is 16.7 Å². The fourth-order valence-electron chi connectivity index (χ4n) is 2.83. The van der Waals surface area contributed by atoms with Gasteiger partial charge in [-0.25, -0.2) is 0 Å². The van der Waals surface area contributed by atoms with Crippen molar-refractivity contribution in [2.24, 2.45) is 0 Å². The number of rotatable bonds is 6. The summed E-state index contributed by atoms with van der Waals surface area (Å²) in [5, 5.41) is 12.7. The third-order valence-electron chi connectivity index (χ3n) is 4.07. The van der Waals surface area contributed by atoms with Gasteiger partial charge >= 0.3 is 0 Å². The lowest BCUT2D eigenvalue weighted by Crippen LogP contribution is -2.30. The molecule has 1 aliphatic heterocycles. The molecule has 1 saturated heterocycles. The fraction of sp³-hybridized carbons (Fsp3) is 0.471. The van der Waals surface area contributed by atoms with Gasteiger partial charge in [-0.2, -0.15) is 0 Å². The Morgan fingerprint density at radius 2 is 2.12 bits per heavy atom. The summed E-state index contributed by atoms with van der Waals surface area (Å²) in [6.45, 7) is 6.34. The number of thioether (sulfide) groups is 1. The quantitative estimate of drug-likeness (QED) is 0.781. The van der Waals surface area contributed by atoms with Crippen LogP contribution >= 0.6 is 23.4 Å². The van der Waals surface area contributed by atoms with Gasteiger partial charge in [-0.15, -0.1) is 10.2 Å². The number of nitrogens with zero attached hydrogens (tertiary/aromatic N) is 4. The van der Waals surface area contributed by atoms with E-state index in [1.807, 2.05) is 42.7 Å². The first kappa shape index (κ1) is 18.1. The molecule has 1 fully saturated rings. The minimum absolute atomic E-state index is 0.00383. The van der Waals surface area contributed by atoms with Crippen LogP contribution in [0.15, 0.2) is 29.4 Å². The Morgan fingerprint density at radius 3 is 2.80 bits per heavy atom. The zero-order chi connectivity index (χ0) is 17.8. The van der Waals surface area contributed by atoms with Crippen molar-refractivity contribution in [2.75, 3.05) is 24.5 Å². The molecule has 1 atom stereocenters. The Hall–Kier alpha value is -1.73. The van der Waals surface area contributed by atoms with E-state index in [2.05, 4.69) is 20.4 Å². The van der Waals surface area contributed by atoms with Crippen LogP contribution < -0.4 is 10.2 Å². The van der Waals surface area contributed by atoms with Crippen LogP contribution in [0.4, 0.5) is 5.95 Å². The molecule has 1 aliphatic rings. The van der Waals surface area contributed by atoms with Gasteiger partial charge in [0.2, 0.25) is 11.9 Å². The van der Waals surface area contributed by atoms with Crippen molar-refractivity contribution in [3.05, 3.63) is 29.3 Å². The normalized spacial score (nSPS) is 15.4. The number of halogens is 1. The van der Waals surface area contributed by atoms with Crippen molar-refractivity contribution < 1.29 is 4.79 Å². The summed E-state index contributed by atoms with van der Waals surface area (Å²) < 4.78 is 2.00. The van der Waals surface area contributed by atoms with Gasteiger partial charge in [0, 0.05) is 24.7 Å². The number of aromatic nitrogens is 3. The molecule has 2 aromatic rings. The van der Waals surface area contributed by atoms with Crippen LogP contribution in [-0.4, -0.2) is 45.6 Å². The van der Waals surface area contributed by atoms with Crippen molar-refractivity contribution in [1.82, 2.24) is 20.1 Å². The van der Waals surface area contributed by atoms with Crippen molar-refractivity contribution in [3.8, 4) is 5.69 Å². The number of hydrogen-bond acceptors (Lipinski definition) is 5. The minimum Gasteiger partial charge on any atom is -0.355 e. The molecule has 6 nitrogen and oxygen atoms in total. The predicted molar refractivity (Wildman–Crippen MR) is 102 cm³/mol. The zero-order valence-corrected chi connectivity index (χ0v) is 16.0. The number of anilines is 1. The van der Waals surface area contributed by atoms with E-state index in [1.54, 1.807) is 0 Å². The van der Waals surface area contributed by atoms with Gasteiger partial charge in [-0.1, -0.05) is 29.4 Å². The van der Waals surface area contributed by atoms with Crippen molar-refractivity contribution in [2.45, 2.75) is 37.1 Å². The number of carbonyl (C=O) groups is 1. The number of hydrogen-bond donors (Lipinski definition) is 1. The smallest absolute Gasteiger partial charge is 0.233 e. The zero-order valence-electron chi connectivity index (χ0n) is 14.4. The topological polar surface area (TPSA) is 63.1 Å². The molecule has 134 valence electrons. The predicted octanol–water partition coefficient (Wildman–Crippen LogP) is 3.14. The molecular weight excluding hydrogens is 358 g/mol. The summed E-state index contributed by atoms with van der Waals surface area (Å²) in [7, 11) is 0. The number of benzene rings is 1. The molecule has 1 aromatic carbocycles. The summed E-state index contributed by atoms with van der Waals surface area (Å²) in [6.07, 6.45) is 2.31. The Kier molecular flexibility index (Phi) is 5.86. The highest BCUT2D eigenvalue weighted by molar-refractivity contribution is 8.00. The van der Waals surface area contributed by atoms with E-state index in [-0.39, 0.29) is 11.2 Å². The average Bonchev–Trinajstić information content (AvgIpc) is 3.24. The van der Waals surface area contributed by atoms with Gasteiger partial charge in [-0.3, -0.25) is 9.36 Å². The summed E-state index contributed by atoms with van der Waals surface area (Å²) >= 11 is 7.59. The molecule has 2 heterocycles. The Bertz CT molecular complexity index is 744. The highest BCUT2D eigenvalue weighted by Crippen LogP contribution is 2.31. The van der Waals surface area contributed by atoms with Gasteiger partial charge in [0.15, 0.2) is 5.16 Å². The highest BCUT2D eigenvalue weighted by Gasteiger charge is 2.25. The first-order valence-electron chi connectivity index (χ1n) is 8.51. The number of amides is 1. The molecule has 1 N–H and O–H groups in total. The van der Waals surface area contributed by atoms with Crippen molar-refractivity contribution >= 4 is 35.2 Å². The third-order valence-corrected chi connectivity index (χ3v) is 5.35. The summed E-state index contributed by atoms with van der Waals surface area (Å²) in [6, 6.07) is 7.63. The molecule has 0 bridgehead atoms. The molecule has 1 unspecified atom stereocenters. The lowest BCUT2D eigenvalue weighted by atomic mass is 10.3. The number of nitrogens with one attached hydrogen (secondary N) is 1. The molecular formula is C17H22ClN5OS. The van der Waals surface area contributed by atoms with E-state index >= 15 is 0 Å². The van der Waals surface area contributed by atoms with E-state index in [4.69, 9.17) is 11.6 Å². The second-order valence-electron chi connectivity index (χ2n) is 5.95.